The van der Waals surface area contributed by atoms with Crippen LogP contribution in [0.3, 0.4) is 0 Å². The third kappa shape index (κ3) is 18.8. The molecule has 0 aliphatic rings. The summed E-state index contributed by atoms with van der Waals surface area (Å²) in [5.41, 5.74) is 0. The van der Waals surface area contributed by atoms with Crippen LogP contribution in [-0.4, -0.2) is 11.1 Å². The van der Waals surface area contributed by atoms with Crippen LogP contribution in [0.15, 0.2) is 0 Å². The van der Waals surface area contributed by atoms with Gasteiger partial charge in [-0.05, 0) is 0 Å². The molecular weight excluding hydrogens is 296 g/mol. The van der Waals surface area contributed by atoms with Crippen molar-refractivity contribution in [1.29, 1.82) is 0 Å². The van der Waals surface area contributed by atoms with Crippen molar-refractivity contribution in [1.82, 2.24) is 0 Å². The van der Waals surface area contributed by atoms with E-state index in [0.717, 1.165) is 6.42 Å². The zero-order valence-electron chi connectivity index (χ0n) is 14.0. The number of hydrogen-bond acceptors (Lipinski definition) is 1. The molecule has 0 aromatic rings. The third-order valence-corrected chi connectivity index (χ3v) is 2.27. The number of aliphatic carboxylic acids is 1. The number of carboxylic acids is 1. The topological polar surface area (TPSA) is 37.3 Å². The molecule has 0 amide bonds. The van der Waals surface area contributed by atoms with Crippen LogP contribution in [0.1, 0.15) is 58.3 Å². The summed E-state index contributed by atoms with van der Waals surface area (Å²) in [4.78, 5) is 10.2. The summed E-state index contributed by atoms with van der Waals surface area (Å²) in [6, 6.07) is 0. The van der Waals surface area contributed by atoms with Crippen LogP contribution < -0.4 is 0 Å². The van der Waals surface area contributed by atoms with Crippen LogP contribution in [0, 0.1) is 71.0 Å². The lowest BCUT2D eigenvalue weighted by Crippen LogP contribution is -1.91. The molecule has 0 fully saturated rings. The highest BCUT2D eigenvalue weighted by Crippen LogP contribution is 1.85. The Morgan fingerprint density at radius 1 is 0.625 bits per heavy atom. The molecule has 0 rings (SSSR count). The van der Waals surface area contributed by atoms with Crippen LogP contribution in [0.25, 0.3) is 0 Å². The average molecular weight is 316 g/mol. The molecule has 0 radical (unpaired) electrons. The second kappa shape index (κ2) is 17.9. The molecule has 0 aliphatic heterocycles. The fourth-order valence-corrected chi connectivity index (χ4v) is 1.23. The van der Waals surface area contributed by atoms with Gasteiger partial charge < -0.3 is 5.11 Å². The standard InChI is InChI=1S/C22H20O2/c1-2-3-4-5-6-7-8-9-10-11-12-13-14-15-16-17-18-19-20-21-22(23)24/h2,5,8,11,14,17,20-21H2,1H3,(H,23,24). The molecule has 0 spiro atoms. The van der Waals surface area contributed by atoms with Gasteiger partial charge in [-0.2, -0.15) is 0 Å². The Labute approximate surface area is 145 Å². The van der Waals surface area contributed by atoms with Gasteiger partial charge in [0.2, 0.25) is 0 Å². The Bertz CT molecular complexity index is 748. The minimum Gasteiger partial charge on any atom is -0.481 e. The Hall–Kier alpha value is -3.17. The van der Waals surface area contributed by atoms with E-state index in [4.69, 9.17) is 5.11 Å². The minimum absolute atomic E-state index is 0.0749. The van der Waals surface area contributed by atoms with E-state index in [1.54, 1.807) is 0 Å². The zero-order chi connectivity index (χ0) is 17.7. The monoisotopic (exact) mass is 316 g/mol. The SMILES string of the molecule is CCC#CCC#CCC#CCC#CCC#CCC#CCCC(=O)O. The van der Waals surface area contributed by atoms with Gasteiger partial charge in [-0.15, -0.1) is 11.8 Å². The summed E-state index contributed by atoms with van der Waals surface area (Å²) >= 11 is 0. The molecule has 0 saturated carbocycles. The van der Waals surface area contributed by atoms with Gasteiger partial charge in [-0.1, -0.05) is 66.1 Å². The van der Waals surface area contributed by atoms with Crippen molar-refractivity contribution in [3.63, 3.8) is 0 Å². The lowest BCUT2D eigenvalue weighted by Gasteiger charge is -1.82. The molecule has 2 heteroatoms. The molecule has 0 aliphatic carbocycles. The highest BCUT2D eigenvalue weighted by Gasteiger charge is 1.90. The van der Waals surface area contributed by atoms with Gasteiger partial charge in [0, 0.05) is 12.8 Å². The van der Waals surface area contributed by atoms with Crippen molar-refractivity contribution in [2.24, 2.45) is 0 Å². The van der Waals surface area contributed by atoms with Gasteiger partial charge in [0.1, 0.15) is 0 Å². The highest BCUT2D eigenvalue weighted by molar-refractivity contribution is 5.67. The quantitative estimate of drug-likeness (QED) is 0.794. The van der Waals surface area contributed by atoms with Gasteiger partial charge in [0.25, 0.3) is 0 Å². The summed E-state index contributed by atoms with van der Waals surface area (Å²) in [6.07, 6.45) is 3.93. The van der Waals surface area contributed by atoms with Crippen molar-refractivity contribution in [3.05, 3.63) is 0 Å². The van der Waals surface area contributed by atoms with Crippen molar-refractivity contribution in [2.45, 2.75) is 58.3 Å². The molecule has 0 unspecified atom stereocenters. The summed E-state index contributed by atoms with van der Waals surface area (Å²) in [7, 11) is 0. The predicted octanol–water partition coefficient (Wildman–Crippen LogP) is 3.23. The van der Waals surface area contributed by atoms with Crippen molar-refractivity contribution in [3.8, 4) is 71.0 Å². The van der Waals surface area contributed by atoms with Crippen LogP contribution in [0.5, 0.6) is 0 Å². The van der Waals surface area contributed by atoms with E-state index < -0.39 is 5.97 Å². The van der Waals surface area contributed by atoms with Crippen LogP contribution in [-0.2, 0) is 4.79 Å². The first-order valence-corrected chi connectivity index (χ1v) is 7.73. The summed E-state index contributed by atoms with van der Waals surface area (Å²) in [5, 5.41) is 8.43. The Kier molecular flexibility index (Phi) is 15.5. The van der Waals surface area contributed by atoms with E-state index in [9.17, 15) is 4.79 Å². The first-order chi connectivity index (χ1) is 11.8. The second-order valence-corrected chi connectivity index (χ2v) is 4.25. The molecule has 0 atom stereocenters. The number of carboxylic acid groups (broad SMARTS) is 1. The van der Waals surface area contributed by atoms with Gasteiger partial charge >= 0.3 is 5.97 Å². The molecule has 0 heterocycles. The lowest BCUT2D eigenvalue weighted by atomic mass is 10.3. The maximum absolute atomic E-state index is 10.2. The van der Waals surface area contributed by atoms with Crippen LogP contribution in [0.4, 0.5) is 0 Å². The van der Waals surface area contributed by atoms with Gasteiger partial charge in [0.05, 0.1) is 38.5 Å². The average Bonchev–Trinajstić information content (AvgIpc) is 2.56. The fourth-order valence-electron chi connectivity index (χ4n) is 1.23. The maximum Gasteiger partial charge on any atom is 0.304 e. The summed E-state index contributed by atoms with van der Waals surface area (Å²) < 4.78 is 0. The number of carbonyl (C=O) groups is 1. The van der Waals surface area contributed by atoms with Crippen molar-refractivity contribution < 1.29 is 9.90 Å². The molecule has 0 aromatic heterocycles. The van der Waals surface area contributed by atoms with Crippen molar-refractivity contribution in [2.75, 3.05) is 0 Å². The van der Waals surface area contributed by atoms with E-state index in [0.29, 0.717) is 38.5 Å². The van der Waals surface area contributed by atoms with E-state index in [2.05, 4.69) is 71.0 Å². The molecular formula is C22H20O2. The van der Waals surface area contributed by atoms with Gasteiger partial charge in [-0.25, -0.2) is 0 Å². The molecule has 0 bridgehead atoms. The largest absolute Gasteiger partial charge is 0.481 e. The fraction of sp³-hybridized carbons (Fsp3) is 0.409. The zero-order valence-corrected chi connectivity index (χ0v) is 14.0. The predicted molar refractivity (Wildman–Crippen MR) is 96.9 cm³/mol. The molecule has 1 N–H and O–H groups in total. The Morgan fingerprint density at radius 3 is 1.29 bits per heavy atom. The molecule has 0 aromatic carbocycles. The first kappa shape index (κ1) is 20.8. The molecule has 0 saturated heterocycles. The Morgan fingerprint density at radius 2 is 0.958 bits per heavy atom. The summed E-state index contributed by atoms with van der Waals surface area (Å²) in [6.45, 7) is 2.01. The third-order valence-electron chi connectivity index (χ3n) is 2.27. The van der Waals surface area contributed by atoms with E-state index >= 15 is 0 Å². The minimum atomic E-state index is -0.831. The van der Waals surface area contributed by atoms with Gasteiger partial charge in [-0.3, -0.25) is 4.79 Å². The number of hydrogen-bond donors (Lipinski definition) is 1. The van der Waals surface area contributed by atoms with Crippen LogP contribution >= 0.6 is 0 Å². The maximum atomic E-state index is 10.2. The van der Waals surface area contributed by atoms with E-state index in [1.165, 1.54) is 0 Å². The first-order valence-electron chi connectivity index (χ1n) is 7.73. The lowest BCUT2D eigenvalue weighted by molar-refractivity contribution is -0.136. The molecule has 2 nitrogen and oxygen atoms in total. The van der Waals surface area contributed by atoms with E-state index in [1.807, 2.05) is 6.92 Å². The highest BCUT2D eigenvalue weighted by atomic mass is 16.4. The van der Waals surface area contributed by atoms with Crippen LogP contribution in [0.2, 0.25) is 0 Å². The number of rotatable bonds is 2. The second-order valence-electron chi connectivity index (χ2n) is 4.25. The van der Waals surface area contributed by atoms with Crippen molar-refractivity contribution >= 4 is 5.97 Å². The van der Waals surface area contributed by atoms with Gasteiger partial charge in [0.15, 0.2) is 0 Å². The molecule has 24 heavy (non-hydrogen) atoms. The van der Waals surface area contributed by atoms with E-state index in [-0.39, 0.29) is 6.42 Å². The molecule has 120 valence electrons. The Balaban J connectivity index is 3.74. The smallest absolute Gasteiger partial charge is 0.304 e. The summed E-state index contributed by atoms with van der Waals surface area (Å²) in [5.74, 6) is 34.0. The normalized spacial score (nSPS) is 7.04.